The van der Waals surface area contributed by atoms with E-state index >= 15 is 0 Å². The average Bonchev–Trinajstić information content (AvgIpc) is 2.83. The zero-order chi connectivity index (χ0) is 10.8. The summed E-state index contributed by atoms with van der Waals surface area (Å²) in [7, 11) is 0. The molecule has 0 radical (unpaired) electrons. The molecule has 1 N–H and O–H groups in total. The summed E-state index contributed by atoms with van der Waals surface area (Å²) in [6.45, 7) is 5.40. The number of nitrogens with zero attached hydrogens (tertiary/aromatic N) is 2. The zero-order valence-electron chi connectivity index (χ0n) is 9.06. The predicted molar refractivity (Wildman–Crippen MR) is 54.6 cm³/mol. The van der Waals surface area contributed by atoms with E-state index in [9.17, 15) is 4.79 Å². The molecule has 15 heavy (non-hydrogen) atoms. The van der Waals surface area contributed by atoms with Gasteiger partial charge in [-0.1, -0.05) is 6.92 Å². The molecule has 2 unspecified atom stereocenters. The third kappa shape index (κ3) is 1.94. The van der Waals surface area contributed by atoms with E-state index in [0.29, 0.717) is 6.61 Å². The van der Waals surface area contributed by atoms with Crippen molar-refractivity contribution in [1.29, 1.82) is 0 Å². The van der Waals surface area contributed by atoms with E-state index < -0.39 is 0 Å². The van der Waals surface area contributed by atoms with Crippen molar-refractivity contribution < 1.29 is 14.6 Å². The molecule has 2 fully saturated rings. The Hall–Kier alpha value is -0.810. The van der Waals surface area contributed by atoms with Crippen LogP contribution in [0.1, 0.15) is 13.3 Å². The van der Waals surface area contributed by atoms with E-state index in [1.54, 1.807) is 4.90 Å². The highest BCUT2D eigenvalue weighted by molar-refractivity contribution is 5.70. The first-order valence-electron chi connectivity index (χ1n) is 5.54. The van der Waals surface area contributed by atoms with Crippen LogP contribution in [0.4, 0.5) is 4.79 Å². The Morgan fingerprint density at radius 2 is 2.40 bits per heavy atom. The van der Waals surface area contributed by atoms with Gasteiger partial charge in [0.25, 0.3) is 0 Å². The van der Waals surface area contributed by atoms with Crippen LogP contribution in [0.5, 0.6) is 0 Å². The van der Waals surface area contributed by atoms with Gasteiger partial charge in [-0.2, -0.15) is 0 Å². The molecule has 0 spiro atoms. The van der Waals surface area contributed by atoms with E-state index in [2.05, 4.69) is 11.8 Å². The first kappa shape index (κ1) is 10.7. The van der Waals surface area contributed by atoms with Gasteiger partial charge >= 0.3 is 6.09 Å². The Kier molecular flexibility index (Phi) is 3.11. The highest BCUT2D eigenvalue weighted by Gasteiger charge is 2.40. The van der Waals surface area contributed by atoms with Gasteiger partial charge in [-0.05, 0) is 13.0 Å². The van der Waals surface area contributed by atoms with Crippen LogP contribution in [0.25, 0.3) is 0 Å². The summed E-state index contributed by atoms with van der Waals surface area (Å²) in [4.78, 5) is 15.5. The first-order chi connectivity index (χ1) is 7.26. The van der Waals surface area contributed by atoms with Crippen molar-refractivity contribution in [3.63, 3.8) is 0 Å². The molecule has 0 saturated carbocycles. The predicted octanol–water partition coefficient (Wildman–Crippen LogP) is -0.106. The minimum absolute atomic E-state index is 0.00559. The van der Waals surface area contributed by atoms with Crippen molar-refractivity contribution >= 4 is 6.09 Å². The first-order valence-corrected chi connectivity index (χ1v) is 5.54. The number of likely N-dealkylation sites (tertiary alicyclic amines) is 1. The van der Waals surface area contributed by atoms with E-state index in [1.165, 1.54) is 0 Å². The molecule has 2 heterocycles. The number of aliphatic hydroxyl groups excluding tert-OH is 1. The van der Waals surface area contributed by atoms with Gasteiger partial charge < -0.3 is 14.7 Å². The normalized spacial score (nSPS) is 32.4. The molecule has 2 aliphatic heterocycles. The second kappa shape index (κ2) is 4.37. The van der Waals surface area contributed by atoms with Crippen LogP contribution in [-0.2, 0) is 4.74 Å². The molecule has 2 saturated heterocycles. The lowest BCUT2D eigenvalue weighted by atomic mass is 10.2. The third-order valence-corrected chi connectivity index (χ3v) is 3.30. The maximum atomic E-state index is 11.5. The molecule has 2 rings (SSSR count). The van der Waals surface area contributed by atoms with Gasteiger partial charge in [-0.3, -0.25) is 4.90 Å². The summed E-state index contributed by atoms with van der Waals surface area (Å²) in [5, 5.41) is 9.15. The molecule has 1 amide bonds. The van der Waals surface area contributed by atoms with Crippen molar-refractivity contribution in [3.05, 3.63) is 0 Å². The van der Waals surface area contributed by atoms with Crippen LogP contribution < -0.4 is 0 Å². The number of ether oxygens (including phenoxy) is 1. The largest absolute Gasteiger partial charge is 0.447 e. The standard InChI is InChI=1S/C10H18N2O3/c1-2-11-4-3-8(5-11)12-9(6-13)7-15-10(12)14/h8-9,13H,2-7H2,1H3. The molecular weight excluding hydrogens is 196 g/mol. The van der Waals surface area contributed by atoms with Gasteiger partial charge in [-0.15, -0.1) is 0 Å². The van der Waals surface area contributed by atoms with Gasteiger partial charge in [-0.25, -0.2) is 4.79 Å². The lowest BCUT2D eigenvalue weighted by Crippen LogP contribution is -2.45. The minimum Gasteiger partial charge on any atom is -0.447 e. The second-order valence-electron chi connectivity index (χ2n) is 4.16. The van der Waals surface area contributed by atoms with E-state index in [1.807, 2.05) is 0 Å². The van der Waals surface area contributed by atoms with Crippen LogP contribution in [0.2, 0.25) is 0 Å². The number of amides is 1. The van der Waals surface area contributed by atoms with Crippen molar-refractivity contribution in [2.75, 3.05) is 32.8 Å². The van der Waals surface area contributed by atoms with E-state index in [-0.39, 0.29) is 24.8 Å². The Morgan fingerprint density at radius 1 is 1.60 bits per heavy atom. The molecule has 2 atom stereocenters. The molecule has 0 bridgehead atoms. The van der Waals surface area contributed by atoms with Crippen molar-refractivity contribution in [3.8, 4) is 0 Å². The highest BCUT2D eigenvalue weighted by Crippen LogP contribution is 2.22. The van der Waals surface area contributed by atoms with Crippen LogP contribution in [0.3, 0.4) is 0 Å². The minimum atomic E-state index is -0.267. The van der Waals surface area contributed by atoms with Crippen molar-refractivity contribution in [2.45, 2.75) is 25.4 Å². The van der Waals surface area contributed by atoms with Crippen LogP contribution in [0, 0.1) is 0 Å². The zero-order valence-corrected chi connectivity index (χ0v) is 9.06. The van der Waals surface area contributed by atoms with E-state index in [0.717, 1.165) is 26.1 Å². The topological polar surface area (TPSA) is 53.0 Å². The molecule has 5 heteroatoms. The molecular formula is C10H18N2O3. The Bertz CT molecular complexity index is 247. The van der Waals surface area contributed by atoms with Gasteiger partial charge in [0.05, 0.1) is 12.6 Å². The summed E-state index contributed by atoms with van der Waals surface area (Å²) < 4.78 is 4.96. The Morgan fingerprint density at radius 3 is 3.00 bits per heavy atom. The molecule has 0 aromatic heterocycles. The van der Waals surface area contributed by atoms with E-state index in [4.69, 9.17) is 9.84 Å². The summed E-state index contributed by atoms with van der Waals surface area (Å²) >= 11 is 0. The summed E-state index contributed by atoms with van der Waals surface area (Å²) in [5.74, 6) is 0. The fourth-order valence-corrected chi connectivity index (χ4v) is 2.39. The average molecular weight is 214 g/mol. The van der Waals surface area contributed by atoms with Crippen LogP contribution in [0.15, 0.2) is 0 Å². The van der Waals surface area contributed by atoms with Gasteiger partial charge in [0.1, 0.15) is 6.61 Å². The number of aliphatic hydroxyl groups is 1. The fraction of sp³-hybridized carbons (Fsp3) is 0.900. The second-order valence-corrected chi connectivity index (χ2v) is 4.16. The summed E-state index contributed by atoms with van der Waals surface area (Å²) in [5.41, 5.74) is 0. The van der Waals surface area contributed by atoms with Crippen LogP contribution in [-0.4, -0.2) is 65.9 Å². The highest BCUT2D eigenvalue weighted by atomic mass is 16.6. The lowest BCUT2D eigenvalue weighted by Gasteiger charge is -2.26. The molecule has 2 aliphatic rings. The van der Waals surface area contributed by atoms with Gasteiger partial charge in [0, 0.05) is 19.1 Å². The molecule has 0 aromatic carbocycles. The summed E-state index contributed by atoms with van der Waals surface area (Å²) in [6, 6.07) is 0.0800. The van der Waals surface area contributed by atoms with Crippen molar-refractivity contribution in [2.24, 2.45) is 0 Å². The quantitative estimate of drug-likeness (QED) is 0.712. The number of carbonyl (C=O) groups is 1. The number of rotatable bonds is 3. The SMILES string of the molecule is CCN1CCC(N2C(=O)OCC2CO)C1. The monoisotopic (exact) mass is 214 g/mol. The number of hydrogen-bond acceptors (Lipinski definition) is 4. The Labute approximate surface area is 89.6 Å². The number of hydrogen-bond donors (Lipinski definition) is 1. The van der Waals surface area contributed by atoms with Gasteiger partial charge in [0.15, 0.2) is 0 Å². The molecule has 0 aliphatic carbocycles. The number of cyclic esters (lactones) is 1. The fourth-order valence-electron chi connectivity index (χ4n) is 2.39. The molecule has 86 valence electrons. The Balaban J connectivity index is 2.00. The van der Waals surface area contributed by atoms with Crippen LogP contribution >= 0.6 is 0 Å². The maximum absolute atomic E-state index is 11.5. The molecule has 0 aromatic rings. The summed E-state index contributed by atoms with van der Waals surface area (Å²) in [6.07, 6.45) is 0.719. The smallest absolute Gasteiger partial charge is 0.410 e. The lowest BCUT2D eigenvalue weighted by molar-refractivity contribution is 0.131. The maximum Gasteiger partial charge on any atom is 0.410 e. The molecule has 5 nitrogen and oxygen atoms in total. The number of likely N-dealkylation sites (N-methyl/N-ethyl adjacent to an activating group) is 1. The van der Waals surface area contributed by atoms with Crippen molar-refractivity contribution in [1.82, 2.24) is 9.80 Å². The number of carbonyl (C=O) groups excluding carboxylic acids is 1. The third-order valence-electron chi connectivity index (χ3n) is 3.30. The van der Waals surface area contributed by atoms with Gasteiger partial charge in [0.2, 0.25) is 0 Å².